The molecule has 0 aromatic carbocycles. The molecule has 5 heteroatoms. The number of fused-ring (bicyclic) bond motifs is 5. The minimum absolute atomic E-state index is 0.0380. The highest BCUT2D eigenvalue weighted by Gasteiger charge is 2.62. The molecule has 4 rings (SSSR count). The quantitative estimate of drug-likeness (QED) is 0.306. The van der Waals surface area contributed by atoms with Crippen LogP contribution in [0, 0.1) is 46.3 Å². The number of hydrogen-bond acceptors (Lipinski definition) is 5. The van der Waals surface area contributed by atoms with Gasteiger partial charge >= 0.3 is 11.9 Å². The van der Waals surface area contributed by atoms with Crippen molar-refractivity contribution in [3.63, 3.8) is 0 Å². The second kappa shape index (κ2) is 10.8. The molecule has 0 bridgehead atoms. The summed E-state index contributed by atoms with van der Waals surface area (Å²) in [6, 6.07) is 0. The van der Waals surface area contributed by atoms with Crippen molar-refractivity contribution < 1.29 is 19.1 Å². The molecule has 0 aromatic heterocycles. The van der Waals surface area contributed by atoms with Crippen LogP contribution >= 0.6 is 0 Å². The van der Waals surface area contributed by atoms with Crippen molar-refractivity contribution in [1.29, 1.82) is 0 Å². The molecule has 0 aromatic rings. The van der Waals surface area contributed by atoms with Crippen molar-refractivity contribution >= 4 is 11.9 Å². The Morgan fingerprint density at radius 3 is 2.44 bits per heavy atom. The molecule has 0 heterocycles. The van der Waals surface area contributed by atoms with Crippen molar-refractivity contribution in [2.75, 3.05) is 6.54 Å². The van der Waals surface area contributed by atoms with Gasteiger partial charge in [-0.1, -0.05) is 52.2 Å². The summed E-state index contributed by atoms with van der Waals surface area (Å²) < 4.78 is 11.7. The van der Waals surface area contributed by atoms with Crippen LogP contribution in [0.2, 0.25) is 0 Å². The number of nitrogens with two attached hydrogens (primary N) is 1. The molecule has 2 N–H and O–H groups in total. The first kappa shape index (κ1) is 27.7. The van der Waals surface area contributed by atoms with Crippen LogP contribution in [0.1, 0.15) is 106 Å². The molecule has 4 aliphatic carbocycles. The lowest BCUT2D eigenvalue weighted by Gasteiger charge is -2.58. The largest absolute Gasteiger partial charge is 0.462 e. The van der Waals surface area contributed by atoms with E-state index in [0.717, 1.165) is 38.6 Å². The molecule has 0 saturated heterocycles. The third kappa shape index (κ3) is 5.15. The molecule has 10 unspecified atom stereocenters. The van der Waals surface area contributed by atoms with Gasteiger partial charge in [0.05, 0.1) is 0 Å². The molecule has 204 valence electrons. The first-order chi connectivity index (χ1) is 17.0. The summed E-state index contributed by atoms with van der Waals surface area (Å²) in [4.78, 5) is 23.7. The van der Waals surface area contributed by atoms with Gasteiger partial charge in [0, 0.05) is 26.2 Å². The molecule has 0 radical (unpaired) electrons. The average Bonchev–Trinajstić information content (AvgIpc) is 3.09. The number of esters is 2. The average molecular weight is 502 g/mol. The van der Waals surface area contributed by atoms with Gasteiger partial charge in [0.1, 0.15) is 12.2 Å². The molecule has 0 amide bonds. The van der Waals surface area contributed by atoms with Gasteiger partial charge in [-0.15, -0.1) is 0 Å². The molecule has 0 spiro atoms. The van der Waals surface area contributed by atoms with Crippen LogP contribution in [0.4, 0.5) is 0 Å². The summed E-state index contributed by atoms with van der Waals surface area (Å²) in [6.07, 6.45) is 13.7. The molecule has 5 nitrogen and oxygen atoms in total. The van der Waals surface area contributed by atoms with Crippen LogP contribution in [-0.2, 0) is 19.1 Å². The second-order valence-corrected chi connectivity index (χ2v) is 13.4. The van der Waals surface area contributed by atoms with Crippen molar-refractivity contribution in [2.24, 2.45) is 52.1 Å². The number of ether oxygens (including phenoxy) is 2. The Morgan fingerprint density at radius 2 is 1.78 bits per heavy atom. The Balaban J connectivity index is 1.55. The van der Waals surface area contributed by atoms with Gasteiger partial charge in [-0.25, -0.2) is 0 Å². The summed E-state index contributed by atoms with van der Waals surface area (Å²) in [5.74, 6) is 3.16. The molecule has 36 heavy (non-hydrogen) atoms. The third-order valence-corrected chi connectivity index (χ3v) is 11.2. The Kier molecular flexibility index (Phi) is 8.29. The number of allylic oxidation sites excluding steroid dienone is 1. The Hall–Kier alpha value is -1.36. The second-order valence-electron chi connectivity index (χ2n) is 13.4. The molecule has 10 atom stereocenters. The van der Waals surface area contributed by atoms with Crippen LogP contribution < -0.4 is 5.73 Å². The van der Waals surface area contributed by atoms with Gasteiger partial charge in [0.2, 0.25) is 0 Å². The van der Waals surface area contributed by atoms with Gasteiger partial charge in [0.15, 0.2) is 0 Å². The lowest BCUT2D eigenvalue weighted by molar-refractivity contribution is -0.151. The fraction of sp³-hybridized carbons (Fsp3) is 0.871. The summed E-state index contributed by atoms with van der Waals surface area (Å²) in [5, 5.41) is 0. The van der Waals surface area contributed by atoms with E-state index in [2.05, 4.69) is 33.8 Å². The van der Waals surface area contributed by atoms with Gasteiger partial charge in [-0.05, 0) is 91.9 Å². The standard InChI is InChI=1S/C31H51NO4/c1-19(18-32)8-7-9-20(2)29-28(36-22(4)34)17-27-25-11-10-23-16-24(35-21(3)33)12-14-30(23,5)26(25)13-15-31(27,29)6/h10,19-20,24-29H,7-9,11-18,32H2,1-6H3. The fourth-order valence-corrected chi connectivity index (χ4v) is 9.43. The third-order valence-electron chi connectivity index (χ3n) is 11.2. The number of rotatable bonds is 8. The lowest BCUT2D eigenvalue weighted by atomic mass is 9.47. The van der Waals surface area contributed by atoms with E-state index in [1.165, 1.54) is 44.6 Å². The van der Waals surface area contributed by atoms with E-state index in [1.807, 2.05) is 0 Å². The molecule has 4 aliphatic rings. The van der Waals surface area contributed by atoms with Crippen LogP contribution in [-0.4, -0.2) is 30.7 Å². The minimum atomic E-state index is -0.161. The Labute approximate surface area is 219 Å². The summed E-state index contributed by atoms with van der Waals surface area (Å²) in [6.45, 7) is 13.5. The highest BCUT2D eigenvalue weighted by molar-refractivity contribution is 5.66. The van der Waals surface area contributed by atoms with Crippen LogP contribution in [0.15, 0.2) is 11.6 Å². The fourth-order valence-electron chi connectivity index (χ4n) is 9.43. The maximum Gasteiger partial charge on any atom is 0.302 e. The van der Waals surface area contributed by atoms with E-state index >= 15 is 0 Å². The maximum absolute atomic E-state index is 12.2. The van der Waals surface area contributed by atoms with E-state index in [-0.39, 0.29) is 35.0 Å². The van der Waals surface area contributed by atoms with E-state index in [4.69, 9.17) is 15.2 Å². The first-order valence-electron chi connectivity index (χ1n) is 14.7. The van der Waals surface area contributed by atoms with Crippen molar-refractivity contribution in [3.8, 4) is 0 Å². The predicted octanol–water partition coefficient (Wildman–Crippen LogP) is 6.44. The van der Waals surface area contributed by atoms with Crippen LogP contribution in [0.25, 0.3) is 0 Å². The van der Waals surface area contributed by atoms with Crippen molar-refractivity contribution in [2.45, 2.75) is 118 Å². The topological polar surface area (TPSA) is 78.6 Å². The summed E-state index contributed by atoms with van der Waals surface area (Å²) in [7, 11) is 0. The SMILES string of the molecule is CC(=O)OC1CCC2(C)C(=CCC3C2CCC2(C)C3CC(OC(C)=O)C2C(C)CCCC(C)CN)C1. The summed E-state index contributed by atoms with van der Waals surface area (Å²) in [5.41, 5.74) is 7.81. The maximum atomic E-state index is 12.2. The molecular formula is C31H51NO4. The van der Waals surface area contributed by atoms with E-state index in [0.29, 0.717) is 35.5 Å². The van der Waals surface area contributed by atoms with Gasteiger partial charge in [-0.3, -0.25) is 9.59 Å². The van der Waals surface area contributed by atoms with E-state index < -0.39 is 0 Å². The number of hydrogen-bond donors (Lipinski definition) is 1. The Bertz CT molecular complexity index is 854. The van der Waals surface area contributed by atoms with Gasteiger partial charge in [0.25, 0.3) is 0 Å². The highest BCUT2D eigenvalue weighted by atomic mass is 16.5. The highest BCUT2D eigenvalue weighted by Crippen LogP contribution is 2.67. The number of carbonyl (C=O) groups is 2. The molecule has 0 aliphatic heterocycles. The molecule has 3 fully saturated rings. The first-order valence-corrected chi connectivity index (χ1v) is 14.7. The van der Waals surface area contributed by atoms with Gasteiger partial charge < -0.3 is 15.2 Å². The van der Waals surface area contributed by atoms with Crippen molar-refractivity contribution in [1.82, 2.24) is 0 Å². The molecular weight excluding hydrogens is 450 g/mol. The normalized spacial score (nSPS) is 41.2. The van der Waals surface area contributed by atoms with Crippen molar-refractivity contribution in [3.05, 3.63) is 11.6 Å². The minimum Gasteiger partial charge on any atom is -0.462 e. The van der Waals surface area contributed by atoms with Crippen LogP contribution in [0.5, 0.6) is 0 Å². The lowest BCUT2D eigenvalue weighted by Crippen LogP contribution is -2.51. The summed E-state index contributed by atoms with van der Waals surface area (Å²) >= 11 is 0. The number of carbonyl (C=O) groups excluding carboxylic acids is 2. The van der Waals surface area contributed by atoms with Crippen LogP contribution in [0.3, 0.4) is 0 Å². The smallest absolute Gasteiger partial charge is 0.302 e. The van der Waals surface area contributed by atoms with Gasteiger partial charge in [-0.2, -0.15) is 0 Å². The Morgan fingerprint density at radius 1 is 1.06 bits per heavy atom. The zero-order valence-corrected chi connectivity index (χ0v) is 23.7. The molecule has 3 saturated carbocycles. The zero-order valence-electron chi connectivity index (χ0n) is 23.7. The predicted molar refractivity (Wildman–Crippen MR) is 143 cm³/mol. The van der Waals surface area contributed by atoms with E-state index in [1.54, 1.807) is 6.92 Å². The monoisotopic (exact) mass is 501 g/mol. The zero-order chi connectivity index (χ0) is 26.3. The van der Waals surface area contributed by atoms with E-state index in [9.17, 15) is 9.59 Å².